The Morgan fingerprint density at radius 1 is 1.53 bits per heavy atom. The number of hydrogen-bond acceptors (Lipinski definition) is 4. The van der Waals surface area contributed by atoms with Crippen molar-refractivity contribution in [1.29, 1.82) is 0 Å². The fourth-order valence-electron chi connectivity index (χ4n) is 2.25. The van der Waals surface area contributed by atoms with Gasteiger partial charge in [0.2, 0.25) is 0 Å². The second-order valence-corrected chi connectivity index (χ2v) is 4.57. The van der Waals surface area contributed by atoms with Gasteiger partial charge in [0.15, 0.2) is 5.78 Å². The van der Waals surface area contributed by atoms with Crippen LogP contribution in [-0.2, 0) is 4.79 Å². The molecule has 1 aromatic carbocycles. The van der Waals surface area contributed by atoms with E-state index in [0.717, 1.165) is 18.5 Å². The zero-order valence-corrected chi connectivity index (χ0v) is 9.94. The third-order valence-electron chi connectivity index (χ3n) is 3.12. The van der Waals surface area contributed by atoms with Gasteiger partial charge < -0.3 is 15.5 Å². The van der Waals surface area contributed by atoms with Crippen molar-refractivity contribution in [3.63, 3.8) is 0 Å². The van der Waals surface area contributed by atoms with E-state index in [4.69, 9.17) is 16.7 Å². The van der Waals surface area contributed by atoms with Crippen LogP contribution < -0.4 is 5.32 Å². The topological polar surface area (TPSA) is 69.6 Å². The summed E-state index contributed by atoms with van der Waals surface area (Å²) < 4.78 is 0. The van der Waals surface area contributed by atoms with Crippen molar-refractivity contribution < 1.29 is 15.0 Å². The molecule has 1 aliphatic rings. The molecule has 1 fully saturated rings. The summed E-state index contributed by atoms with van der Waals surface area (Å²) in [5, 5.41) is 21.6. The third-order valence-corrected chi connectivity index (χ3v) is 3.43. The fourth-order valence-corrected chi connectivity index (χ4v) is 2.44. The molecule has 0 radical (unpaired) electrons. The Morgan fingerprint density at radius 2 is 2.29 bits per heavy atom. The number of hydrogen-bond donors (Lipinski definition) is 3. The van der Waals surface area contributed by atoms with E-state index in [1.54, 1.807) is 12.1 Å². The number of aliphatic hydroxyl groups excluding tert-OH is 1. The number of nitrogens with one attached hydrogen (secondary N) is 1. The number of rotatable bonds is 3. The van der Waals surface area contributed by atoms with Crippen LogP contribution in [-0.4, -0.2) is 35.2 Å². The summed E-state index contributed by atoms with van der Waals surface area (Å²) in [5.41, 5.74) is 0.907. The van der Waals surface area contributed by atoms with Gasteiger partial charge in [-0.15, -0.1) is 0 Å². The lowest BCUT2D eigenvalue weighted by atomic mass is 9.90. The van der Waals surface area contributed by atoms with E-state index in [9.17, 15) is 9.90 Å². The first-order chi connectivity index (χ1) is 8.13. The number of ketones is 1. The molecule has 0 amide bonds. The minimum atomic E-state index is -0.458. The van der Waals surface area contributed by atoms with Crippen molar-refractivity contribution in [3.8, 4) is 5.75 Å². The highest BCUT2D eigenvalue weighted by Gasteiger charge is 2.33. The van der Waals surface area contributed by atoms with Crippen LogP contribution in [0.15, 0.2) is 18.2 Å². The number of carbonyl (C=O) groups excluding carboxylic acids is 1. The molecular weight excluding hydrogens is 242 g/mol. The van der Waals surface area contributed by atoms with Gasteiger partial charge in [0, 0.05) is 5.92 Å². The Balaban J connectivity index is 2.26. The number of phenols is 1. The van der Waals surface area contributed by atoms with Gasteiger partial charge in [-0.1, -0.05) is 17.7 Å². The van der Waals surface area contributed by atoms with Gasteiger partial charge in [0.25, 0.3) is 0 Å². The van der Waals surface area contributed by atoms with Crippen molar-refractivity contribution in [1.82, 2.24) is 5.32 Å². The molecule has 0 aromatic heterocycles. The van der Waals surface area contributed by atoms with E-state index in [1.165, 1.54) is 6.07 Å². The standard InChI is InChI=1S/C12H14ClNO3/c13-9-5-7(1-2-10(9)16)8-3-4-14-12(8)11(17)6-15/h1-2,5,8,12,14-16H,3-4,6H2/t8-,12+/m0/s1. The number of benzene rings is 1. The summed E-state index contributed by atoms with van der Waals surface area (Å²) in [6, 6.07) is 4.60. The predicted octanol–water partition coefficient (Wildman–Crippen LogP) is 1.05. The SMILES string of the molecule is O=C(CO)[C@@H]1NCC[C@H]1c1ccc(O)c(Cl)c1. The van der Waals surface area contributed by atoms with Crippen molar-refractivity contribution in [2.45, 2.75) is 18.4 Å². The fraction of sp³-hybridized carbons (Fsp3) is 0.417. The van der Waals surface area contributed by atoms with Crippen molar-refractivity contribution >= 4 is 17.4 Å². The molecular formula is C12H14ClNO3. The highest BCUT2D eigenvalue weighted by molar-refractivity contribution is 6.32. The Morgan fingerprint density at radius 3 is 2.94 bits per heavy atom. The maximum atomic E-state index is 11.6. The van der Waals surface area contributed by atoms with Crippen molar-refractivity contribution in [2.75, 3.05) is 13.2 Å². The number of aliphatic hydroxyl groups is 1. The molecule has 3 N–H and O–H groups in total. The molecule has 2 rings (SSSR count). The zero-order chi connectivity index (χ0) is 12.4. The van der Waals surface area contributed by atoms with Crippen LogP contribution in [0.2, 0.25) is 5.02 Å². The second-order valence-electron chi connectivity index (χ2n) is 4.16. The van der Waals surface area contributed by atoms with Gasteiger partial charge in [0.1, 0.15) is 12.4 Å². The Bertz CT molecular complexity index is 436. The molecule has 0 unspecified atom stereocenters. The van der Waals surface area contributed by atoms with Gasteiger partial charge in [0.05, 0.1) is 11.1 Å². The smallest absolute Gasteiger partial charge is 0.175 e. The maximum absolute atomic E-state index is 11.6. The van der Waals surface area contributed by atoms with E-state index in [-0.39, 0.29) is 28.5 Å². The first-order valence-corrected chi connectivity index (χ1v) is 5.86. The molecule has 92 valence electrons. The van der Waals surface area contributed by atoms with Crippen LogP contribution in [0.5, 0.6) is 5.75 Å². The number of phenolic OH excluding ortho intramolecular Hbond substituents is 1. The lowest BCUT2D eigenvalue weighted by Crippen LogP contribution is -2.36. The van der Waals surface area contributed by atoms with Crippen LogP contribution >= 0.6 is 11.6 Å². The van der Waals surface area contributed by atoms with E-state index in [1.807, 2.05) is 0 Å². The van der Waals surface area contributed by atoms with E-state index in [2.05, 4.69) is 5.32 Å². The summed E-state index contributed by atoms with van der Waals surface area (Å²) in [6.45, 7) is 0.277. The molecule has 0 bridgehead atoms. The maximum Gasteiger partial charge on any atom is 0.175 e. The summed E-state index contributed by atoms with van der Waals surface area (Å²) in [7, 11) is 0. The quantitative estimate of drug-likeness (QED) is 0.755. The normalized spacial score (nSPS) is 23.9. The van der Waals surface area contributed by atoms with E-state index in [0.29, 0.717) is 0 Å². The highest BCUT2D eigenvalue weighted by Crippen LogP contribution is 2.33. The largest absolute Gasteiger partial charge is 0.506 e. The van der Waals surface area contributed by atoms with Gasteiger partial charge >= 0.3 is 0 Å². The summed E-state index contributed by atoms with van der Waals surface area (Å²) in [4.78, 5) is 11.6. The molecule has 5 heteroatoms. The van der Waals surface area contributed by atoms with Gasteiger partial charge in [-0.05, 0) is 30.7 Å². The third kappa shape index (κ3) is 2.44. The zero-order valence-electron chi connectivity index (χ0n) is 9.19. The Hall–Kier alpha value is -1.10. The summed E-state index contributed by atoms with van der Waals surface area (Å²) in [6.07, 6.45) is 0.817. The average molecular weight is 256 g/mol. The lowest BCUT2D eigenvalue weighted by Gasteiger charge is -2.18. The second kappa shape index (κ2) is 5.04. The molecule has 0 spiro atoms. The molecule has 2 atom stereocenters. The van der Waals surface area contributed by atoms with Crippen molar-refractivity contribution in [2.24, 2.45) is 0 Å². The van der Waals surface area contributed by atoms with Crippen LogP contribution in [0, 0.1) is 0 Å². The Labute approximate surface area is 104 Å². The van der Waals surface area contributed by atoms with Gasteiger partial charge in [-0.3, -0.25) is 4.79 Å². The number of aromatic hydroxyl groups is 1. The van der Waals surface area contributed by atoms with Crippen LogP contribution in [0.4, 0.5) is 0 Å². The predicted molar refractivity (Wildman–Crippen MR) is 64.4 cm³/mol. The first kappa shape index (κ1) is 12.4. The van der Waals surface area contributed by atoms with Gasteiger partial charge in [-0.2, -0.15) is 0 Å². The minimum absolute atomic E-state index is 0.00718. The van der Waals surface area contributed by atoms with Crippen LogP contribution in [0.3, 0.4) is 0 Å². The molecule has 4 nitrogen and oxygen atoms in total. The van der Waals surface area contributed by atoms with Crippen LogP contribution in [0.25, 0.3) is 0 Å². The molecule has 0 saturated carbocycles. The minimum Gasteiger partial charge on any atom is -0.506 e. The molecule has 1 saturated heterocycles. The summed E-state index contributed by atoms with van der Waals surface area (Å²) >= 11 is 5.85. The Kier molecular flexibility index (Phi) is 3.66. The number of Topliss-reactive ketones (excluding diaryl/α,β-unsaturated/α-hetero) is 1. The van der Waals surface area contributed by atoms with Crippen LogP contribution in [0.1, 0.15) is 17.9 Å². The highest BCUT2D eigenvalue weighted by atomic mass is 35.5. The van der Waals surface area contributed by atoms with E-state index < -0.39 is 6.61 Å². The molecule has 1 aromatic rings. The number of carbonyl (C=O) groups is 1. The first-order valence-electron chi connectivity index (χ1n) is 5.49. The number of halogens is 1. The molecule has 0 aliphatic carbocycles. The van der Waals surface area contributed by atoms with Gasteiger partial charge in [-0.25, -0.2) is 0 Å². The molecule has 17 heavy (non-hydrogen) atoms. The van der Waals surface area contributed by atoms with Crippen molar-refractivity contribution in [3.05, 3.63) is 28.8 Å². The average Bonchev–Trinajstić information content (AvgIpc) is 2.80. The molecule has 1 aliphatic heterocycles. The summed E-state index contributed by atoms with van der Waals surface area (Å²) in [5.74, 6) is -0.171. The van der Waals surface area contributed by atoms with E-state index >= 15 is 0 Å². The molecule has 1 heterocycles. The lowest BCUT2D eigenvalue weighted by molar-refractivity contribution is -0.123. The monoisotopic (exact) mass is 255 g/mol.